The van der Waals surface area contributed by atoms with Gasteiger partial charge in [0.15, 0.2) is 0 Å². The Morgan fingerprint density at radius 3 is 2.55 bits per heavy atom. The zero-order valence-corrected chi connectivity index (χ0v) is 15.0. The van der Waals surface area contributed by atoms with E-state index in [9.17, 15) is 4.79 Å². The number of nitrogens with zero attached hydrogens (tertiary/aromatic N) is 1. The maximum atomic E-state index is 12.5. The van der Waals surface area contributed by atoms with Gasteiger partial charge < -0.3 is 4.74 Å². The Morgan fingerprint density at radius 2 is 1.91 bits per heavy atom. The standard InChI is InChI=1S/C18H20INO2/c1-14-7-6-10-17(11-14)20(12-15(2)19)18(21)22-13-16-8-4-3-5-9-16/h3-11,15H,12-13H2,1-2H3. The van der Waals surface area contributed by atoms with Gasteiger partial charge in [0.25, 0.3) is 0 Å². The summed E-state index contributed by atoms with van der Waals surface area (Å²) in [6, 6.07) is 17.6. The average Bonchev–Trinajstić information content (AvgIpc) is 2.51. The predicted molar refractivity (Wildman–Crippen MR) is 98.6 cm³/mol. The minimum Gasteiger partial charge on any atom is -0.444 e. The molecule has 0 aliphatic rings. The van der Waals surface area contributed by atoms with Crippen LogP contribution in [0.2, 0.25) is 0 Å². The molecule has 0 aromatic heterocycles. The van der Waals surface area contributed by atoms with Crippen molar-refractivity contribution in [3.63, 3.8) is 0 Å². The summed E-state index contributed by atoms with van der Waals surface area (Å²) in [4.78, 5) is 14.2. The number of amides is 1. The third-order valence-corrected chi connectivity index (χ3v) is 3.57. The van der Waals surface area contributed by atoms with Crippen molar-refractivity contribution in [3.05, 3.63) is 65.7 Å². The predicted octanol–water partition coefficient (Wildman–Crippen LogP) is 4.96. The first-order chi connectivity index (χ1) is 10.6. The zero-order valence-electron chi connectivity index (χ0n) is 12.8. The number of alkyl halides is 1. The fourth-order valence-corrected chi connectivity index (χ4v) is 2.52. The van der Waals surface area contributed by atoms with Gasteiger partial charge in [0.1, 0.15) is 6.61 Å². The van der Waals surface area contributed by atoms with Crippen LogP contribution in [0.4, 0.5) is 10.5 Å². The molecule has 2 aromatic carbocycles. The maximum absolute atomic E-state index is 12.5. The first-order valence-electron chi connectivity index (χ1n) is 7.25. The Balaban J connectivity index is 2.09. The summed E-state index contributed by atoms with van der Waals surface area (Å²) in [5.74, 6) is 0. The van der Waals surface area contributed by atoms with E-state index in [1.54, 1.807) is 4.90 Å². The Labute approximate surface area is 145 Å². The topological polar surface area (TPSA) is 29.5 Å². The van der Waals surface area contributed by atoms with E-state index < -0.39 is 0 Å². The average molecular weight is 409 g/mol. The Bertz CT molecular complexity index is 613. The quantitative estimate of drug-likeness (QED) is 0.516. The summed E-state index contributed by atoms with van der Waals surface area (Å²) in [7, 11) is 0. The first-order valence-corrected chi connectivity index (χ1v) is 8.50. The highest BCUT2D eigenvalue weighted by Gasteiger charge is 2.19. The van der Waals surface area contributed by atoms with Crippen molar-refractivity contribution >= 4 is 34.4 Å². The van der Waals surface area contributed by atoms with Gasteiger partial charge in [-0.25, -0.2) is 4.79 Å². The van der Waals surface area contributed by atoms with E-state index in [0.29, 0.717) is 10.5 Å². The van der Waals surface area contributed by atoms with E-state index >= 15 is 0 Å². The van der Waals surface area contributed by atoms with Crippen LogP contribution in [0.25, 0.3) is 0 Å². The molecule has 0 saturated carbocycles. The normalized spacial score (nSPS) is 11.8. The van der Waals surface area contributed by atoms with Gasteiger partial charge in [-0.2, -0.15) is 0 Å². The number of anilines is 1. The van der Waals surface area contributed by atoms with Crippen LogP contribution in [0.3, 0.4) is 0 Å². The van der Waals surface area contributed by atoms with Gasteiger partial charge in [0.05, 0.1) is 0 Å². The molecule has 2 aromatic rings. The maximum Gasteiger partial charge on any atom is 0.414 e. The van der Waals surface area contributed by atoms with E-state index in [1.807, 2.05) is 61.5 Å². The number of halogens is 1. The lowest BCUT2D eigenvalue weighted by atomic mass is 10.2. The van der Waals surface area contributed by atoms with Gasteiger partial charge in [-0.15, -0.1) is 0 Å². The minimum atomic E-state index is -0.307. The second-order valence-electron chi connectivity index (χ2n) is 5.27. The fraction of sp³-hybridized carbons (Fsp3) is 0.278. The van der Waals surface area contributed by atoms with E-state index in [4.69, 9.17) is 4.74 Å². The summed E-state index contributed by atoms with van der Waals surface area (Å²) < 4.78 is 5.80. The molecule has 4 heteroatoms. The third-order valence-electron chi connectivity index (χ3n) is 3.17. The molecule has 0 saturated heterocycles. The summed E-state index contributed by atoms with van der Waals surface area (Å²) >= 11 is 2.32. The largest absolute Gasteiger partial charge is 0.444 e. The zero-order chi connectivity index (χ0) is 15.9. The Kier molecular flexibility index (Phi) is 6.24. The molecule has 2 rings (SSSR count). The van der Waals surface area contributed by atoms with Crippen LogP contribution in [0.15, 0.2) is 54.6 Å². The molecule has 0 aliphatic carbocycles. The first kappa shape index (κ1) is 16.8. The number of carbonyl (C=O) groups is 1. The second-order valence-corrected chi connectivity index (χ2v) is 7.40. The Morgan fingerprint density at radius 1 is 1.18 bits per heavy atom. The molecule has 0 fully saturated rings. The van der Waals surface area contributed by atoms with Crippen molar-refractivity contribution in [1.82, 2.24) is 0 Å². The number of carbonyl (C=O) groups excluding carboxylic acids is 1. The molecule has 22 heavy (non-hydrogen) atoms. The highest BCUT2D eigenvalue weighted by Crippen LogP contribution is 2.19. The van der Waals surface area contributed by atoms with E-state index in [2.05, 4.69) is 29.5 Å². The summed E-state index contributed by atoms with van der Waals surface area (Å²) in [5, 5.41) is 0. The smallest absolute Gasteiger partial charge is 0.414 e. The van der Waals surface area contributed by atoms with Crippen LogP contribution in [-0.2, 0) is 11.3 Å². The molecule has 0 N–H and O–H groups in total. The molecular formula is C18H20INO2. The van der Waals surface area contributed by atoms with Gasteiger partial charge in [-0.05, 0) is 30.2 Å². The van der Waals surface area contributed by atoms with Gasteiger partial charge in [-0.1, -0.05) is 72.0 Å². The summed E-state index contributed by atoms with van der Waals surface area (Å²) in [5.41, 5.74) is 2.99. The summed E-state index contributed by atoms with van der Waals surface area (Å²) in [6.07, 6.45) is -0.307. The lowest BCUT2D eigenvalue weighted by molar-refractivity contribution is 0.147. The molecule has 116 valence electrons. The van der Waals surface area contributed by atoms with Gasteiger partial charge in [-0.3, -0.25) is 4.90 Å². The Hall–Kier alpha value is -1.56. The lowest BCUT2D eigenvalue weighted by Gasteiger charge is -2.24. The summed E-state index contributed by atoms with van der Waals surface area (Å²) in [6.45, 7) is 5.01. The molecule has 1 unspecified atom stereocenters. The molecule has 0 aliphatic heterocycles. The van der Waals surface area contributed by atoms with Gasteiger partial charge in [0.2, 0.25) is 0 Å². The number of hydrogen-bond donors (Lipinski definition) is 0. The van der Waals surface area contributed by atoms with Gasteiger partial charge in [0, 0.05) is 16.2 Å². The van der Waals surface area contributed by atoms with Crippen LogP contribution in [0.1, 0.15) is 18.1 Å². The van der Waals surface area contributed by atoms with Crippen LogP contribution in [0.5, 0.6) is 0 Å². The number of ether oxygens (including phenoxy) is 1. The molecule has 3 nitrogen and oxygen atoms in total. The molecule has 1 amide bonds. The highest BCUT2D eigenvalue weighted by atomic mass is 127. The van der Waals surface area contributed by atoms with Crippen molar-refractivity contribution in [2.45, 2.75) is 24.4 Å². The van der Waals surface area contributed by atoms with Crippen molar-refractivity contribution in [2.75, 3.05) is 11.4 Å². The minimum absolute atomic E-state index is 0.289. The number of aryl methyl sites for hydroxylation is 1. The lowest BCUT2D eigenvalue weighted by Crippen LogP contribution is -2.35. The van der Waals surface area contributed by atoms with E-state index in [-0.39, 0.29) is 12.7 Å². The SMILES string of the molecule is Cc1cccc(N(CC(C)I)C(=O)OCc2ccccc2)c1. The van der Waals surface area contributed by atoms with E-state index in [0.717, 1.165) is 16.8 Å². The van der Waals surface area contributed by atoms with Crippen LogP contribution < -0.4 is 4.90 Å². The van der Waals surface area contributed by atoms with Crippen molar-refractivity contribution in [2.24, 2.45) is 0 Å². The molecule has 1 atom stereocenters. The molecule has 0 heterocycles. The monoisotopic (exact) mass is 409 g/mol. The van der Waals surface area contributed by atoms with Crippen molar-refractivity contribution in [3.8, 4) is 0 Å². The third kappa shape index (κ3) is 5.02. The molecular weight excluding hydrogens is 389 g/mol. The molecule has 0 spiro atoms. The number of rotatable bonds is 5. The van der Waals surface area contributed by atoms with Crippen LogP contribution in [-0.4, -0.2) is 16.6 Å². The highest BCUT2D eigenvalue weighted by molar-refractivity contribution is 14.1. The van der Waals surface area contributed by atoms with Crippen LogP contribution in [0, 0.1) is 6.92 Å². The number of hydrogen-bond acceptors (Lipinski definition) is 2. The molecule has 0 radical (unpaired) electrons. The second kappa shape index (κ2) is 8.17. The molecule has 0 bridgehead atoms. The number of benzene rings is 2. The van der Waals surface area contributed by atoms with Crippen LogP contribution >= 0.6 is 22.6 Å². The van der Waals surface area contributed by atoms with Crippen molar-refractivity contribution in [1.29, 1.82) is 0 Å². The van der Waals surface area contributed by atoms with E-state index in [1.165, 1.54) is 0 Å². The van der Waals surface area contributed by atoms with Crippen molar-refractivity contribution < 1.29 is 9.53 Å². The fourth-order valence-electron chi connectivity index (χ4n) is 2.13. The van der Waals surface area contributed by atoms with Gasteiger partial charge >= 0.3 is 6.09 Å².